The van der Waals surface area contributed by atoms with E-state index in [0.29, 0.717) is 23.7 Å². The summed E-state index contributed by atoms with van der Waals surface area (Å²) in [6.45, 7) is 1.62. The van der Waals surface area contributed by atoms with Crippen LogP contribution in [0.25, 0.3) is 0 Å². The van der Waals surface area contributed by atoms with Crippen molar-refractivity contribution in [2.75, 3.05) is 25.1 Å². The van der Waals surface area contributed by atoms with Gasteiger partial charge in [-0.3, -0.25) is 4.79 Å². The molecule has 25 heavy (non-hydrogen) atoms. The number of benzene rings is 2. The molecule has 1 heterocycles. The minimum absolute atomic E-state index is 0.128. The molecule has 1 aliphatic heterocycles. The van der Waals surface area contributed by atoms with Gasteiger partial charge in [0.25, 0.3) is 5.91 Å². The molecule has 1 atom stereocenters. The van der Waals surface area contributed by atoms with Crippen molar-refractivity contribution < 1.29 is 14.3 Å². The number of hydrogen-bond donors (Lipinski definition) is 1. The smallest absolute Gasteiger partial charge is 0.337 e. The van der Waals surface area contributed by atoms with Crippen molar-refractivity contribution in [3.8, 4) is 0 Å². The Hall–Kier alpha value is -2.82. The van der Waals surface area contributed by atoms with Gasteiger partial charge in [-0.2, -0.15) is 0 Å². The molecule has 0 spiro atoms. The van der Waals surface area contributed by atoms with Crippen LogP contribution in [0.3, 0.4) is 0 Å². The van der Waals surface area contributed by atoms with Gasteiger partial charge in [-0.1, -0.05) is 18.2 Å². The number of amides is 1. The second kappa shape index (κ2) is 7.83. The van der Waals surface area contributed by atoms with Gasteiger partial charge in [-0.15, -0.1) is 0 Å². The molecule has 5 nitrogen and oxygen atoms in total. The molecule has 1 saturated heterocycles. The lowest BCUT2D eigenvalue weighted by atomic mass is 10.1. The monoisotopic (exact) mass is 338 g/mol. The molecule has 1 fully saturated rings. The van der Waals surface area contributed by atoms with Crippen molar-refractivity contribution in [2.45, 2.75) is 18.9 Å². The molecule has 2 aromatic rings. The Morgan fingerprint density at radius 2 is 1.76 bits per heavy atom. The number of hydrogen-bond acceptors (Lipinski definition) is 4. The number of rotatable bonds is 5. The van der Waals surface area contributed by atoms with Crippen LogP contribution in [0.4, 0.5) is 5.69 Å². The fourth-order valence-electron chi connectivity index (χ4n) is 3.20. The number of methoxy groups -OCH3 is 1. The Morgan fingerprint density at radius 1 is 1.08 bits per heavy atom. The van der Waals surface area contributed by atoms with Gasteiger partial charge in [0.05, 0.1) is 12.7 Å². The highest BCUT2D eigenvalue weighted by molar-refractivity contribution is 5.96. The van der Waals surface area contributed by atoms with Crippen molar-refractivity contribution >= 4 is 17.6 Å². The fourth-order valence-corrected chi connectivity index (χ4v) is 3.20. The maximum atomic E-state index is 12.3. The van der Waals surface area contributed by atoms with E-state index in [1.165, 1.54) is 12.8 Å². The topological polar surface area (TPSA) is 58.6 Å². The first kappa shape index (κ1) is 17.0. The van der Waals surface area contributed by atoms with E-state index in [4.69, 9.17) is 0 Å². The summed E-state index contributed by atoms with van der Waals surface area (Å²) in [7, 11) is 1.34. The molecule has 2 aromatic carbocycles. The molecular formula is C20H22N2O3. The molecule has 130 valence electrons. The summed E-state index contributed by atoms with van der Waals surface area (Å²) in [5, 5.41) is 3.01. The third kappa shape index (κ3) is 3.99. The first-order valence-electron chi connectivity index (χ1n) is 8.47. The molecule has 0 saturated carbocycles. The Bertz CT molecular complexity index is 728. The zero-order valence-electron chi connectivity index (χ0n) is 14.3. The van der Waals surface area contributed by atoms with Crippen LogP contribution in [-0.4, -0.2) is 38.1 Å². The Balaban J connectivity index is 1.59. The standard InChI is InChI=1S/C20H22N2O3/c1-25-20(24)16-11-9-15(10-12-16)19(23)21-14-18-8-5-13-22(18)17-6-3-2-4-7-17/h2-4,6-7,9-12,18H,5,8,13-14H2,1H3,(H,21,23)/t18-/m1/s1. The lowest BCUT2D eigenvalue weighted by molar-refractivity contribution is 0.0600. The van der Waals surface area contributed by atoms with Crippen molar-refractivity contribution in [3.63, 3.8) is 0 Å². The Labute approximate surface area is 147 Å². The van der Waals surface area contributed by atoms with Crippen molar-refractivity contribution in [1.29, 1.82) is 0 Å². The summed E-state index contributed by atoms with van der Waals surface area (Å²) in [5.74, 6) is -0.534. The third-order valence-corrected chi connectivity index (χ3v) is 4.53. The predicted molar refractivity (Wildman–Crippen MR) is 96.9 cm³/mol. The quantitative estimate of drug-likeness (QED) is 0.852. The first-order valence-corrected chi connectivity index (χ1v) is 8.47. The van der Waals surface area contributed by atoms with E-state index in [0.717, 1.165) is 19.4 Å². The minimum Gasteiger partial charge on any atom is -0.465 e. The van der Waals surface area contributed by atoms with Crippen LogP contribution in [-0.2, 0) is 4.74 Å². The van der Waals surface area contributed by atoms with Crippen LogP contribution in [0.5, 0.6) is 0 Å². The highest BCUT2D eigenvalue weighted by Gasteiger charge is 2.25. The molecule has 3 rings (SSSR count). The van der Waals surface area contributed by atoms with E-state index in [9.17, 15) is 9.59 Å². The highest BCUT2D eigenvalue weighted by Crippen LogP contribution is 2.24. The van der Waals surface area contributed by atoms with Gasteiger partial charge >= 0.3 is 5.97 Å². The fraction of sp³-hybridized carbons (Fsp3) is 0.300. The number of ether oxygens (including phenoxy) is 1. The summed E-state index contributed by atoms with van der Waals surface area (Å²) < 4.78 is 4.66. The average Bonchev–Trinajstić information content (AvgIpc) is 3.15. The van der Waals surface area contributed by atoms with Crippen LogP contribution in [0.2, 0.25) is 0 Å². The van der Waals surface area contributed by atoms with Gasteiger partial charge in [0, 0.05) is 30.4 Å². The van der Waals surface area contributed by atoms with Crippen LogP contribution in [0.1, 0.15) is 33.6 Å². The molecule has 0 aromatic heterocycles. The maximum Gasteiger partial charge on any atom is 0.337 e. The maximum absolute atomic E-state index is 12.3. The predicted octanol–water partition coefficient (Wildman–Crippen LogP) is 2.87. The third-order valence-electron chi connectivity index (χ3n) is 4.53. The van der Waals surface area contributed by atoms with Crippen LogP contribution >= 0.6 is 0 Å². The molecule has 1 N–H and O–H groups in total. The normalized spacial score (nSPS) is 16.5. The summed E-state index contributed by atoms with van der Waals surface area (Å²) in [5.41, 5.74) is 2.17. The number of nitrogens with one attached hydrogen (secondary N) is 1. The van der Waals surface area contributed by atoms with E-state index >= 15 is 0 Å². The molecule has 5 heteroatoms. The number of para-hydroxylation sites is 1. The van der Waals surface area contributed by atoms with E-state index in [1.54, 1.807) is 24.3 Å². The van der Waals surface area contributed by atoms with E-state index < -0.39 is 5.97 Å². The van der Waals surface area contributed by atoms with Crippen molar-refractivity contribution in [3.05, 3.63) is 65.7 Å². The number of anilines is 1. The molecule has 0 radical (unpaired) electrons. The lowest BCUT2D eigenvalue weighted by Gasteiger charge is -2.27. The van der Waals surface area contributed by atoms with Crippen molar-refractivity contribution in [2.24, 2.45) is 0 Å². The van der Waals surface area contributed by atoms with Gasteiger partial charge in [-0.05, 0) is 49.2 Å². The summed E-state index contributed by atoms with van der Waals surface area (Å²) >= 11 is 0. The number of esters is 1. The number of carbonyl (C=O) groups excluding carboxylic acids is 2. The van der Waals surface area contributed by atoms with E-state index in [1.807, 2.05) is 18.2 Å². The van der Waals surface area contributed by atoms with Gasteiger partial charge in [0.2, 0.25) is 0 Å². The zero-order valence-corrected chi connectivity index (χ0v) is 14.3. The average molecular weight is 338 g/mol. The lowest BCUT2D eigenvalue weighted by Crippen LogP contribution is -2.40. The van der Waals surface area contributed by atoms with Crippen LogP contribution in [0, 0.1) is 0 Å². The summed E-state index contributed by atoms with van der Waals surface area (Å²) in [6.07, 6.45) is 2.19. The van der Waals surface area contributed by atoms with Crippen LogP contribution in [0.15, 0.2) is 54.6 Å². The largest absolute Gasteiger partial charge is 0.465 e. The highest BCUT2D eigenvalue weighted by atomic mass is 16.5. The van der Waals surface area contributed by atoms with Crippen molar-refractivity contribution in [1.82, 2.24) is 5.32 Å². The molecule has 1 amide bonds. The zero-order chi connectivity index (χ0) is 17.6. The second-order valence-electron chi connectivity index (χ2n) is 6.10. The molecular weight excluding hydrogens is 316 g/mol. The van der Waals surface area contributed by atoms with E-state index in [-0.39, 0.29) is 5.91 Å². The Morgan fingerprint density at radius 3 is 2.44 bits per heavy atom. The molecule has 0 unspecified atom stereocenters. The second-order valence-corrected chi connectivity index (χ2v) is 6.10. The van der Waals surface area contributed by atoms with Crippen LogP contribution < -0.4 is 10.2 Å². The first-order chi connectivity index (χ1) is 12.2. The summed E-state index contributed by atoms with van der Waals surface area (Å²) in [4.78, 5) is 26.1. The van der Waals surface area contributed by atoms with Gasteiger partial charge in [0.15, 0.2) is 0 Å². The van der Waals surface area contributed by atoms with E-state index in [2.05, 4.69) is 27.1 Å². The molecule has 0 bridgehead atoms. The Kier molecular flexibility index (Phi) is 5.33. The molecule has 0 aliphatic carbocycles. The number of carbonyl (C=O) groups is 2. The summed E-state index contributed by atoms with van der Waals surface area (Å²) in [6, 6.07) is 17.1. The minimum atomic E-state index is -0.406. The van der Waals surface area contributed by atoms with Gasteiger partial charge in [0.1, 0.15) is 0 Å². The van der Waals surface area contributed by atoms with Gasteiger partial charge in [-0.25, -0.2) is 4.79 Å². The number of nitrogens with zero attached hydrogens (tertiary/aromatic N) is 1. The van der Waals surface area contributed by atoms with Gasteiger partial charge < -0.3 is 15.0 Å². The molecule has 1 aliphatic rings. The SMILES string of the molecule is COC(=O)c1ccc(C(=O)NC[C@H]2CCCN2c2ccccc2)cc1.